The second-order valence-electron chi connectivity index (χ2n) is 5.07. The molecule has 4 rings (SSSR count). The molecule has 0 unspecified atom stereocenters. The smallest absolute Gasteiger partial charge is 0.285 e. The van der Waals surface area contributed by atoms with E-state index < -0.39 is 0 Å². The molecule has 1 aliphatic rings. The van der Waals surface area contributed by atoms with Gasteiger partial charge in [-0.25, -0.2) is 0 Å². The molecule has 6 heteroatoms. The lowest BCUT2D eigenvalue weighted by molar-refractivity contribution is 0.393. The molecule has 6 nitrogen and oxygen atoms in total. The number of nitroso groups, excluding NO2 is 1. The Bertz CT molecular complexity index is 899. The molecule has 0 fully saturated rings. The molecule has 0 spiro atoms. The van der Waals surface area contributed by atoms with Gasteiger partial charge in [0, 0.05) is 30.2 Å². The molecule has 2 heterocycles. The van der Waals surface area contributed by atoms with Crippen LogP contribution < -0.4 is 10.1 Å². The molecule has 1 aromatic heterocycles. The van der Waals surface area contributed by atoms with E-state index >= 15 is 0 Å². The van der Waals surface area contributed by atoms with Gasteiger partial charge < -0.3 is 14.5 Å². The maximum absolute atomic E-state index is 10.4. The summed E-state index contributed by atoms with van der Waals surface area (Å²) >= 11 is 0. The van der Waals surface area contributed by atoms with Crippen molar-refractivity contribution in [2.45, 2.75) is 0 Å². The third-order valence-corrected chi connectivity index (χ3v) is 3.74. The first-order chi connectivity index (χ1) is 11.8. The summed E-state index contributed by atoms with van der Waals surface area (Å²) in [6, 6.07) is 15.4. The summed E-state index contributed by atoms with van der Waals surface area (Å²) in [7, 11) is 3.52. The zero-order valence-electron chi connectivity index (χ0n) is 13.4. The number of furan rings is 1. The molecule has 0 aliphatic carbocycles. The predicted octanol–water partition coefficient (Wildman–Crippen LogP) is 4.37. The average Bonchev–Trinajstić information content (AvgIpc) is 3.22. The standard InChI is InChI=1S/C9H8N2O2.C9H9NO/c1-10-8-6-4-2-3-5-7(6)13-9(8)11-12;1-10-8-6-11-9-5-3-2-4-7(8)9/h2-5,10H,1H3;2-5H,6H2,1H3. The summed E-state index contributed by atoms with van der Waals surface area (Å²) in [4.78, 5) is 14.5. The summed E-state index contributed by atoms with van der Waals surface area (Å²) in [5.41, 5.74) is 3.49. The van der Waals surface area contributed by atoms with Gasteiger partial charge in [-0.15, -0.1) is 4.91 Å². The Morgan fingerprint density at radius 1 is 1.08 bits per heavy atom. The largest absolute Gasteiger partial charge is 0.487 e. The Labute approximate surface area is 139 Å². The molecule has 0 saturated carbocycles. The molecule has 122 valence electrons. The maximum atomic E-state index is 10.4. The van der Waals surface area contributed by atoms with Gasteiger partial charge in [0.15, 0.2) is 0 Å². The van der Waals surface area contributed by atoms with E-state index in [1.54, 1.807) is 20.2 Å². The Morgan fingerprint density at radius 3 is 2.58 bits per heavy atom. The van der Waals surface area contributed by atoms with Gasteiger partial charge in [0.1, 0.15) is 23.6 Å². The zero-order valence-corrected chi connectivity index (χ0v) is 13.4. The highest BCUT2D eigenvalue weighted by Crippen LogP contribution is 2.36. The quantitative estimate of drug-likeness (QED) is 0.710. The highest BCUT2D eigenvalue weighted by Gasteiger charge is 2.16. The summed E-state index contributed by atoms with van der Waals surface area (Å²) in [6.07, 6.45) is 0. The fourth-order valence-corrected chi connectivity index (χ4v) is 2.58. The molecule has 1 aliphatic heterocycles. The molecule has 0 atom stereocenters. The van der Waals surface area contributed by atoms with Crippen molar-refractivity contribution in [1.82, 2.24) is 0 Å². The lowest BCUT2D eigenvalue weighted by atomic mass is 10.1. The summed E-state index contributed by atoms with van der Waals surface area (Å²) in [5, 5.41) is 6.56. The number of fused-ring (bicyclic) bond motifs is 2. The number of benzene rings is 2. The monoisotopic (exact) mass is 323 g/mol. The highest BCUT2D eigenvalue weighted by molar-refractivity contribution is 6.06. The average molecular weight is 323 g/mol. The number of hydrogen-bond donors (Lipinski definition) is 1. The van der Waals surface area contributed by atoms with Crippen LogP contribution in [-0.4, -0.2) is 26.4 Å². The van der Waals surface area contributed by atoms with Crippen molar-refractivity contribution in [3.63, 3.8) is 0 Å². The zero-order chi connectivity index (χ0) is 16.9. The Kier molecular flexibility index (Phi) is 4.56. The van der Waals surface area contributed by atoms with Crippen molar-refractivity contribution < 1.29 is 9.15 Å². The van der Waals surface area contributed by atoms with Crippen molar-refractivity contribution in [3.8, 4) is 5.75 Å². The lowest BCUT2D eigenvalue weighted by Crippen LogP contribution is -2.01. The molecule has 2 aromatic carbocycles. The molecule has 3 aromatic rings. The third-order valence-electron chi connectivity index (χ3n) is 3.74. The van der Waals surface area contributed by atoms with Crippen LogP contribution >= 0.6 is 0 Å². The minimum Gasteiger partial charge on any atom is -0.487 e. The topological polar surface area (TPSA) is 76.2 Å². The first kappa shape index (κ1) is 15.7. The van der Waals surface area contributed by atoms with Crippen molar-refractivity contribution in [1.29, 1.82) is 0 Å². The van der Waals surface area contributed by atoms with Crippen LogP contribution in [0.3, 0.4) is 0 Å². The summed E-state index contributed by atoms with van der Waals surface area (Å²) < 4.78 is 10.6. The molecule has 0 radical (unpaired) electrons. The SMILES string of the molecule is CN=C1COc2ccccc21.CNc1c(N=O)oc2ccccc12. The molecule has 0 saturated heterocycles. The fourth-order valence-electron chi connectivity index (χ4n) is 2.58. The van der Waals surface area contributed by atoms with E-state index in [1.807, 2.05) is 42.5 Å². The van der Waals surface area contributed by atoms with E-state index in [2.05, 4.69) is 15.5 Å². The fraction of sp³-hybridized carbons (Fsp3) is 0.167. The molecule has 0 bridgehead atoms. The second-order valence-corrected chi connectivity index (χ2v) is 5.07. The maximum Gasteiger partial charge on any atom is 0.285 e. The van der Waals surface area contributed by atoms with Crippen molar-refractivity contribution in [2.75, 3.05) is 26.0 Å². The van der Waals surface area contributed by atoms with E-state index in [-0.39, 0.29) is 5.88 Å². The van der Waals surface area contributed by atoms with Crippen LogP contribution in [0.4, 0.5) is 11.6 Å². The van der Waals surface area contributed by atoms with Crippen molar-refractivity contribution >= 4 is 28.3 Å². The van der Waals surface area contributed by atoms with Gasteiger partial charge in [0.2, 0.25) is 0 Å². The van der Waals surface area contributed by atoms with Crippen molar-refractivity contribution in [3.05, 3.63) is 59.0 Å². The number of anilines is 1. The van der Waals surface area contributed by atoms with Crippen LogP contribution in [0.15, 0.2) is 63.1 Å². The van der Waals surface area contributed by atoms with E-state index in [1.165, 1.54) is 0 Å². The van der Waals surface area contributed by atoms with E-state index in [0.29, 0.717) is 17.9 Å². The van der Waals surface area contributed by atoms with Gasteiger partial charge in [-0.05, 0) is 24.3 Å². The van der Waals surface area contributed by atoms with Gasteiger partial charge >= 0.3 is 0 Å². The van der Waals surface area contributed by atoms with Crippen LogP contribution in [-0.2, 0) is 0 Å². The number of aliphatic imine (C=N–C) groups is 1. The Balaban J connectivity index is 0.000000143. The molecular formula is C18H17N3O3. The third kappa shape index (κ3) is 2.86. The van der Waals surface area contributed by atoms with Gasteiger partial charge in [-0.2, -0.15) is 0 Å². The normalized spacial score (nSPS) is 13.8. The minimum absolute atomic E-state index is 0.101. The first-order valence-electron chi connectivity index (χ1n) is 7.49. The van der Waals surface area contributed by atoms with Gasteiger partial charge in [0.25, 0.3) is 5.88 Å². The number of para-hydroxylation sites is 2. The number of nitrogens with one attached hydrogen (secondary N) is 1. The van der Waals surface area contributed by atoms with Crippen LogP contribution in [0.1, 0.15) is 5.56 Å². The Morgan fingerprint density at radius 2 is 1.83 bits per heavy atom. The number of ether oxygens (including phenoxy) is 1. The van der Waals surface area contributed by atoms with E-state index in [9.17, 15) is 4.91 Å². The lowest BCUT2D eigenvalue weighted by Gasteiger charge is -1.93. The van der Waals surface area contributed by atoms with Gasteiger partial charge in [0.05, 0.1) is 5.71 Å². The van der Waals surface area contributed by atoms with Gasteiger partial charge in [-0.1, -0.05) is 24.3 Å². The summed E-state index contributed by atoms with van der Waals surface area (Å²) in [6.45, 7) is 0.621. The number of nitrogens with zero attached hydrogens (tertiary/aromatic N) is 2. The van der Waals surface area contributed by atoms with E-state index in [0.717, 1.165) is 22.4 Å². The molecule has 1 N–H and O–H groups in total. The number of rotatable bonds is 2. The van der Waals surface area contributed by atoms with E-state index in [4.69, 9.17) is 9.15 Å². The number of hydrogen-bond acceptors (Lipinski definition) is 6. The molecule has 0 amide bonds. The Hall–Kier alpha value is -3.15. The summed E-state index contributed by atoms with van der Waals surface area (Å²) in [5.74, 6) is 1.05. The van der Waals surface area contributed by atoms with Crippen LogP contribution in [0.5, 0.6) is 5.75 Å². The van der Waals surface area contributed by atoms with Crippen LogP contribution in [0.25, 0.3) is 11.0 Å². The first-order valence-corrected chi connectivity index (χ1v) is 7.49. The minimum atomic E-state index is 0.101. The second kappa shape index (κ2) is 6.95. The predicted molar refractivity (Wildman–Crippen MR) is 95.6 cm³/mol. The molecule has 24 heavy (non-hydrogen) atoms. The van der Waals surface area contributed by atoms with Crippen molar-refractivity contribution in [2.24, 2.45) is 10.2 Å². The molecular weight excluding hydrogens is 306 g/mol. The van der Waals surface area contributed by atoms with Gasteiger partial charge in [-0.3, -0.25) is 4.99 Å². The van der Waals surface area contributed by atoms with Crippen LogP contribution in [0, 0.1) is 4.91 Å². The highest BCUT2D eigenvalue weighted by atomic mass is 16.5. The van der Waals surface area contributed by atoms with Crippen LogP contribution in [0.2, 0.25) is 0 Å².